The summed E-state index contributed by atoms with van der Waals surface area (Å²) in [4.78, 5) is 13.6. The number of hydrogen-bond acceptors (Lipinski definition) is 3. The highest BCUT2D eigenvalue weighted by atomic mass is 16.5. The molecule has 1 fully saturated rings. The third-order valence-electron chi connectivity index (χ3n) is 5.14. The van der Waals surface area contributed by atoms with Crippen molar-refractivity contribution in [3.63, 3.8) is 0 Å². The Balaban J connectivity index is 2.34. The molecule has 0 bridgehead atoms. The number of urea groups is 1. The molecule has 0 aromatic heterocycles. The second-order valence-corrected chi connectivity index (χ2v) is 6.84. The molecule has 1 heterocycles. The molecule has 2 amide bonds. The normalized spacial score (nSPS) is 23.7. The Labute approximate surface area is 144 Å². The Morgan fingerprint density at radius 1 is 1.38 bits per heavy atom. The number of carbonyl (C=O) groups is 1. The van der Waals surface area contributed by atoms with Gasteiger partial charge in [-0.15, -0.1) is 0 Å². The number of benzene rings is 1. The van der Waals surface area contributed by atoms with Gasteiger partial charge in [0, 0.05) is 20.3 Å². The van der Waals surface area contributed by atoms with Crippen LogP contribution < -0.4 is 5.73 Å². The second-order valence-electron chi connectivity index (χ2n) is 6.84. The van der Waals surface area contributed by atoms with Gasteiger partial charge in [-0.3, -0.25) is 0 Å². The number of aliphatic hydroxyl groups is 1. The molecule has 0 aliphatic carbocycles. The van der Waals surface area contributed by atoms with E-state index >= 15 is 0 Å². The summed E-state index contributed by atoms with van der Waals surface area (Å²) in [5, 5.41) is 11.7. The maximum absolute atomic E-state index is 12.0. The van der Waals surface area contributed by atoms with E-state index in [1.54, 1.807) is 12.0 Å². The van der Waals surface area contributed by atoms with Crippen LogP contribution in [0.15, 0.2) is 30.3 Å². The summed E-state index contributed by atoms with van der Waals surface area (Å²) in [7, 11) is 1.68. The average Bonchev–Trinajstić information content (AvgIpc) is 2.59. The van der Waals surface area contributed by atoms with Crippen LogP contribution in [-0.2, 0) is 10.3 Å². The van der Waals surface area contributed by atoms with Crippen molar-refractivity contribution >= 4 is 6.03 Å². The van der Waals surface area contributed by atoms with E-state index in [0.29, 0.717) is 19.6 Å². The zero-order chi connectivity index (χ0) is 17.6. The van der Waals surface area contributed by atoms with Gasteiger partial charge in [-0.2, -0.15) is 0 Å². The minimum absolute atomic E-state index is 0.193. The first-order valence-corrected chi connectivity index (χ1v) is 8.83. The molecule has 1 aliphatic rings. The number of nitrogens with two attached hydrogens (primary N) is 1. The van der Waals surface area contributed by atoms with Gasteiger partial charge in [0.05, 0.1) is 6.04 Å². The Morgan fingerprint density at radius 3 is 2.71 bits per heavy atom. The minimum Gasteiger partial charge on any atom is -0.385 e. The minimum atomic E-state index is -1.09. The lowest BCUT2D eigenvalue weighted by Gasteiger charge is -2.48. The molecule has 1 aromatic rings. The van der Waals surface area contributed by atoms with Crippen LogP contribution >= 0.6 is 0 Å². The van der Waals surface area contributed by atoms with Gasteiger partial charge < -0.3 is 20.5 Å². The summed E-state index contributed by atoms with van der Waals surface area (Å²) in [6.45, 7) is 3.38. The number of likely N-dealkylation sites (tertiary alicyclic amines) is 1. The standard InChI is InChI=1S/C19H30N2O3/c1-15-9-8-13-21(18(20)22)17(15)19(23,12-6-7-14-24-2)16-10-4-3-5-11-16/h3-5,10-11,15,17,23H,6-9,12-14H2,1-2H3,(H2,20,22)/t15?,17?,19-/m1/s1. The van der Waals surface area contributed by atoms with Crippen LogP contribution in [0.5, 0.6) is 0 Å². The van der Waals surface area contributed by atoms with Crippen LogP contribution in [-0.4, -0.2) is 42.3 Å². The molecule has 24 heavy (non-hydrogen) atoms. The molecule has 0 radical (unpaired) electrons. The van der Waals surface area contributed by atoms with Crippen molar-refractivity contribution < 1.29 is 14.6 Å². The third-order valence-corrected chi connectivity index (χ3v) is 5.14. The van der Waals surface area contributed by atoms with E-state index in [0.717, 1.165) is 31.2 Å². The smallest absolute Gasteiger partial charge is 0.315 e. The average molecular weight is 334 g/mol. The van der Waals surface area contributed by atoms with E-state index in [1.807, 2.05) is 30.3 Å². The third kappa shape index (κ3) is 4.08. The van der Waals surface area contributed by atoms with Crippen LogP contribution in [0.2, 0.25) is 0 Å². The number of unbranched alkanes of at least 4 members (excludes halogenated alkanes) is 1. The largest absolute Gasteiger partial charge is 0.385 e. The summed E-state index contributed by atoms with van der Waals surface area (Å²) in [5.74, 6) is 0.193. The van der Waals surface area contributed by atoms with Crippen LogP contribution in [0.4, 0.5) is 4.79 Å². The maximum atomic E-state index is 12.0. The molecule has 2 rings (SSSR count). The molecule has 2 unspecified atom stereocenters. The molecule has 3 atom stereocenters. The van der Waals surface area contributed by atoms with Crippen molar-refractivity contribution in [1.82, 2.24) is 4.90 Å². The summed E-state index contributed by atoms with van der Waals surface area (Å²) in [5.41, 5.74) is 5.39. The van der Waals surface area contributed by atoms with Crippen LogP contribution in [0.25, 0.3) is 0 Å². The van der Waals surface area contributed by atoms with Gasteiger partial charge >= 0.3 is 6.03 Å². The topological polar surface area (TPSA) is 75.8 Å². The first kappa shape index (κ1) is 18.7. The molecular formula is C19H30N2O3. The number of piperidine rings is 1. The summed E-state index contributed by atoms with van der Waals surface area (Å²) in [6, 6.07) is 8.93. The zero-order valence-electron chi connectivity index (χ0n) is 14.8. The number of hydrogen-bond donors (Lipinski definition) is 2. The molecule has 1 saturated heterocycles. The number of carbonyl (C=O) groups excluding carboxylic acids is 1. The van der Waals surface area contributed by atoms with Crippen LogP contribution in [0, 0.1) is 5.92 Å². The highest BCUT2D eigenvalue weighted by Crippen LogP contribution is 2.40. The highest BCUT2D eigenvalue weighted by Gasteiger charge is 2.46. The van der Waals surface area contributed by atoms with Crippen molar-refractivity contribution in [2.45, 2.75) is 50.7 Å². The summed E-state index contributed by atoms with van der Waals surface area (Å²) < 4.78 is 5.12. The number of nitrogens with zero attached hydrogens (tertiary/aromatic N) is 1. The van der Waals surface area contributed by atoms with Crippen molar-refractivity contribution in [3.8, 4) is 0 Å². The maximum Gasteiger partial charge on any atom is 0.315 e. The molecular weight excluding hydrogens is 304 g/mol. The fourth-order valence-electron chi connectivity index (χ4n) is 3.99. The van der Waals surface area contributed by atoms with Gasteiger partial charge in [0.1, 0.15) is 5.60 Å². The lowest BCUT2D eigenvalue weighted by molar-refractivity contribution is -0.0799. The number of rotatable bonds is 7. The van der Waals surface area contributed by atoms with Crippen LogP contribution in [0.1, 0.15) is 44.6 Å². The molecule has 134 valence electrons. The highest BCUT2D eigenvalue weighted by molar-refractivity contribution is 5.72. The Kier molecular flexibility index (Phi) is 6.63. The zero-order valence-corrected chi connectivity index (χ0v) is 14.8. The fraction of sp³-hybridized carbons (Fsp3) is 0.632. The fourth-order valence-corrected chi connectivity index (χ4v) is 3.99. The summed E-state index contributed by atoms with van der Waals surface area (Å²) in [6.07, 6.45) is 4.20. The van der Waals surface area contributed by atoms with Crippen molar-refractivity contribution in [2.75, 3.05) is 20.3 Å². The van der Waals surface area contributed by atoms with Gasteiger partial charge in [-0.25, -0.2) is 4.79 Å². The van der Waals surface area contributed by atoms with E-state index in [9.17, 15) is 9.90 Å². The molecule has 1 aliphatic heterocycles. The van der Waals surface area contributed by atoms with Crippen LogP contribution in [0.3, 0.4) is 0 Å². The second kappa shape index (κ2) is 8.49. The Hall–Kier alpha value is -1.59. The van der Waals surface area contributed by atoms with E-state index in [2.05, 4.69) is 6.92 Å². The molecule has 5 heteroatoms. The SMILES string of the molecule is COCCCC[C@@](O)(c1ccccc1)C1C(C)CCCN1C(N)=O. The lowest BCUT2D eigenvalue weighted by atomic mass is 9.73. The van der Waals surface area contributed by atoms with E-state index < -0.39 is 11.6 Å². The van der Waals surface area contributed by atoms with Gasteiger partial charge in [-0.1, -0.05) is 37.3 Å². The van der Waals surface area contributed by atoms with Crippen molar-refractivity contribution in [2.24, 2.45) is 11.7 Å². The van der Waals surface area contributed by atoms with Crippen molar-refractivity contribution in [3.05, 3.63) is 35.9 Å². The number of methoxy groups -OCH3 is 1. The number of amides is 2. The Bertz CT molecular complexity index is 523. The predicted octanol–water partition coefficient (Wildman–Crippen LogP) is 2.87. The van der Waals surface area contributed by atoms with E-state index in [1.165, 1.54) is 0 Å². The number of primary amides is 1. The lowest BCUT2D eigenvalue weighted by Crippen LogP contribution is -2.59. The summed E-state index contributed by atoms with van der Waals surface area (Å²) >= 11 is 0. The van der Waals surface area contributed by atoms with Gasteiger partial charge in [0.2, 0.25) is 0 Å². The van der Waals surface area contributed by atoms with E-state index in [4.69, 9.17) is 10.5 Å². The monoisotopic (exact) mass is 334 g/mol. The van der Waals surface area contributed by atoms with Gasteiger partial charge in [0.25, 0.3) is 0 Å². The first-order valence-electron chi connectivity index (χ1n) is 8.83. The van der Waals surface area contributed by atoms with Gasteiger partial charge in [-0.05, 0) is 43.6 Å². The number of ether oxygens (including phenoxy) is 1. The Morgan fingerprint density at radius 2 is 2.08 bits per heavy atom. The van der Waals surface area contributed by atoms with Gasteiger partial charge in [0.15, 0.2) is 0 Å². The van der Waals surface area contributed by atoms with Crippen molar-refractivity contribution in [1.29, 1.82) is 0 Å². The molecule has 3 N–H and O–H groups in total. The molecule has 0 spiro atoms. The first-order chi connectivity index (χ1) is 11.5. The molecule has 0 saturated carbocycles. The molecule has 5 nitrogen and oxygen atoms in total. The van der Waals surface area contributed by atoms with E-state index in [-0.39, 0.29) is 12.0 Å². The quantitative estimate of drug-likeness (QED) is 0.753. The predicted molar refractivity (Wildman–Crippen MR) is 94.5 cm³/mol. The molecule has 1 aromatic carbocycles.